The van der Waals surface area contributed by atoms with Crippen molar-refractivity contribution in [1.29, 1.82) is 0 Å². The van der Waals surface area contributed by atoms with Gasteiger partial charge in [0.05, 0.1) is 14.2 Å². The van der Waals surface area contributed by atoms with Crippen molar-refractivity contribution < 1.29 is 14.3 Å². The maximum absolute atomic E-state index is 11.7. The van der Waals surface area contributed by atoms with Gasteiger partial charge in [0.2, 0.25) is 0 Å². The number of ether oxygens (including phenoxy) is 2. The van der Waals surface area contributed by atoms with Gasteiger partial charge in [0, 0.05) is 37.5 Å². The van der Waals surface area contributed by atoms with Crippen LogP contribution in [0.5, 0.6) is 11.5 Å². The summed E-state index contributed by atoms with van der Waals surface area (Å²) in [6.07, 6.45) is 1.78. The molecule has 18 heavy (non-hydrogen) atoms. The minimum Gasteiger partial charge on any atom is -0.497 e. The van der Waals surface area contributed by atoms with Crippen LogP contribution in [0, 0.1) is 0 Å². The molecule has 0 amide bonds. The zero-order valence-electron chi connectivity index (χ0n) is 11.5. The van der Waals surface area contributed by atoms with Crippen LogP contribution in [-0.2, 0) is 4.79 Å². The number of hydrogen-bond donors (Lipinski definition) is 0. The van der Waals surface area contributed by atoms with E-state index in [9.17, 15) is 4.79 Å². The van der Waals surface area contributed by atoms with Crippen LogP contribution in [-0.4, -0.2) is 39.0 Å². The van der Waals surface area contributed by atoms with E-state index in [-0.39, 0.29) is 5.78 Å². The molecule has 0 radical (unpaired) electrons. The smallest absolute Gasteiger partial charge is 0.162 e. The average Bonchev–Trinajstić information content (AvgIpc) is 2.34. The van der Waals surface area contributed by atoms with Gasteiger partial charge in [-0.3, -0.25) is 4.79 Å². The summed E-state index contributed by atoms with van der Waals surface area (Å²) in [6.45, 7) is 1.54. The molecule has 0 spiro atoms. The van der Waals surface area contributed by atoms with E-state index < -0.39 is 0 Å². The summed E-state index contributed by atoms with van der Waals surface area (Å²) in [4.78, 5) is 13.6. The molecule has 0 aliphatic rings. The number of carbonyl (C=O) groups excluding carboxylic acids is 1. The molecule has 98 valence electrons. The van der Waals surface area contributed by atoms with Crippen LogP contribution in [0.2, 0.25) is 0 Å². The highest BCUT2D eigenvalue weighted by molar-refractivity contribution is 6.20. The summed E-state index contributed by atoms with van der Waals surface area (Å²) in [7, 11) is 6.92. The molecule has 4 nitrogen and oxygen atoms in total. The molecule has 0 bridgehead atoms. The Morgan fingerprint density at radius 2 is 1.89 bits per heavy atom. The van der Waals surface area contributed by atoms with E-state index in [0.29, 0.717) is 17.1 Å². The minimum atomic E-state index is -0.00725. The summed E-state index contributed by atoms with van der Waals surface area (Å²) in [6, 6.07) is 5.40. The van der Waals surface area contributed by atoms with Gasteiger partial charge in [0.15, 0.2) is 5.78 Å². The Morgan fingerprint density at radius 3 is 2.33 bits per heavy atom. The predicted octanol–water partition coefficient (Wildman–Crippen LogP) is 2.20. The number of carbonyl (C=O) groups is 1. The number of methoxy groups -OCH3 is 2. The third kappa shape index (κ3) is 3.26. The fourth-order valence-corrected chi connectivity index (χ4v) is 1.63. The second-order valence-electron chi connectivity index (χ2n) is 4.13. The van der Waals surface area contributed by atoms with Crippen LogP contribution in [0.1, 0.15) is 12.5 Å². The zero-order valence-corrected chi connectivity index (χ0v) is 11.5. The Morgan fingerprint density at radius 1 is 1.22 bits per heavy atom. The van der Waals surface area contributed by atoms with Crippen molar-refractivity contribution in [2.75, 3.05) is 28.3 Å². The molecule has 0 N–H and O–H groups in total. The molecule has 0 aliphatic carbocycles. The first kappa shape index (κ1) is 14.1. The molecular weight excluding hydrogens is 230 g/mol. The van der Waals surface area contributed by atoms with Gasteiger partial charge >= 0.3 is 0 Å². The lowest BCUT2D eigenvalue weighted by molar-refractivity contribution is -0.111. The number of benzene rings is 1. The third-order valence-corrected chi connectivity index (χ3v) is 2.47. The van der Waals surface area contributed by atoms with Gasteiger partial charge in [-0.05, 0) is 19.1 Å². The first-order valence-electron chi connectivity index (χ1n) is 5.61. The number of ketones is 1. The maximum atomic E-state index is 11.7. The van der Waals surface area contributed by atoms with Gasteiger partial charge in [-0.15, -0.1) is 0 Å². The molecule has 1 aromatic rings. The normalized spacial score (nSPS) is 11.1. The fraction of sp³-hybridized carbons (Fsp3) is 0.357. The van der Waals surface area contributed by atoms with Crippen molar-refractivity contribution in [2.24, 2.45) is 0 Å². The zero-order chi connectivity index (χ0) is 13.7. The lowest BCUT2D eigenvalue weighted by Gasteiger charge is -2.14. The minimum absolute atomic E-state index is 0.00725. The number of Topliss-reactive ketones (excluding diaryl/α,β-unsaturated/α-hetero) is 1. The van der Waals surface area contributed by atoms with Crippen LogP contribution >= 0.6 is 0 Å². The molecule has 0 fully saturated rings. The Labute approximate surface area is 108 Å². The second-order valence-corrected chi connectivity index (χ2v) is 4.13. The third-order valence-electron chi connectivity index (χ3n) is 2.47. The molecule has 4 heteroatoms. The molecule has 0 saturated heterocycles. The Bertz CT molecular complexity index is 464. The molecule has 0 atom stereocenters. The van der Waals surface area contributed by atoms with Crippen molar-refractivity contribution in [3.63, 3.8) is 0 Å². The Kier molecular flexibility index (Phi) is 4.77. The summed E-state index contributed by atoms with van der Waals surface area (Å²) in [5, 5.41) is 0. The second kappa shape index (κ2) is 6.10. The number of nitrogens with zero attached hydrogens (tertiary/aromatic N) is 1. The SMILES string of the molecule is COc1ccc(C(=CN(C)C)C(C)=O)c(OC)c1. The van der Waals surface area contributed by atoms with E-state index in [2.05, 4.69) is 0 Å². The van der Waals surface area contributed by atoms with E-state index in [1.807, 2.05) is 31.1 Å². The summed E-state index contributed by atoms with van der Waals surface area (Å²) < 4.78 is 10.4. The summed E-state index contributed by atoms with van der Waals surface area (Å²) in [5.74, 6) is 1.31. The quantitative estimate of drug-likeness (QED) is 0.750. The van der Waals surface area contributed by atoms with E-state index in [1.165, 1.54) is 0 Å². The maximum Gasteiger partial charge on any atom is 0.162 e. The Hall–Kier alpha value is -1.97. The fourth-order valence-electron chi connectivity index (χ4n) is 1.63. The van der Waals surface area contributed by atoms with Gasteiger partial charge in [-0.1, -0.05) is 0 Å². The van der Waals surface area contributed by atoms with Gasteiger partial charge in [0.25, 0.3) is 0 Å². The van der Waals surface area contributed by atoms with E-state index >= 15 is 0 Å². The molecule has 0 aromatic heterocycles. The number of allylic oxidation sites excluding steroid dienone is 1. The highest BCUT2D eigenvalue weighted by atomic mass is 16.5. The van der Waals surface area contributed by atoms with Crippen molar-refractivity contribution in [3.8, 4) is 11.5 Å². The molecule has 0 unspecified atom stereocenters. The Balaban J connectivity index is 3.32. The topological polar surface area (TPSA) is 38.8 Å². The predicted molar refractivity (Wildman–Crippen MR) is 71.9 cm³/mol. The van der Waals surface area contributed by atoms with Crippen molar-refractivity contribution in [2.45, 2.75) is 6.92 Å². The number of hydrogen-bond acceptors (Lipinski definition) is 4. The lowest BCUT2D eigenvalue weighted by Crippen LogP contribution is -2.07. The van der Waals surface area contributed by atoms with Crippen molar-refractivity contribution in [3.05, 3.63) is 30.0 Å². The van der Waals surface area contributed by atoms with E-state index in [4.69, 9.17) is 9.47 Å². The monoisotopic (exact) mass is 249 g/mol. The van der Waals surface area contributed by atoms with E-state index in [1.54, 1.807) is 33.4 Å². The van der Waals surface area contributed by atoms with Crippen molar-refractivity contribution in [1.82, 2.24) is 4.90 Å². The van der Waals surface area contributed by atoms with E-state index in [0.717, 1.165) is 5.56 Å². The molecular formula is C14H19NO3. The lowest BCUT2D eigenvalue weighted by atomic mass is 10.0. The first-order chi connectivity index (χ1) is 8.49. The van der Waals surface area contributed by atoms with Gasteiger partial charge in [0.1, 0.15) is 11.5 Å². The van der Waals surface area contributed by atoms with Crippen LogP contribution in [0.3, 0.4) is 0 Å². The molecule has 0 aliphatic heterocycles. The average molecular weight is 249 g/mol. The molecule has 1 aromatic carbocycles. The van der Waals surface area contributed by atoms with Gasteiger partial charge in [-0.25, -0.2) is 0 Å². The highest BCUT2D eigenvalue weighted by Gasteiger charge is 2.14. The van der Waals surface area contributed by atoms with Crippen LogP contribution in [0.25, 0.3) is 5.57 Å². The highest BCUT2D eigenvalue weighted by Crippen LogP contribution is 2.30. The summed E-state index contributed by atoms with van der Waals surface area (Å²) in [5.41, 5.74) is 1.37. The first-order valence-corrected chi connectivity index (χ1v) is 5.61. The number of rotatable bonds is 5. The van der Waals surface area contributed by atoms with Crippen LogP contribution < -0.4 is 9.47 Å². The van der Waals surface area contributed by atoms with Gasteiger partial charge in [-0.2, -0.15) is 0 Å². The van der Waals surface area contributed by atoms with Gasteiger partial charge < -0.3 is 14.4 Å². The standard InChI is InChI=1S/C14H19NO3/c1-10(16)13(9-15(2)3)12-7-6-11(17-4)8-14(12)18-5/h6-9H,1-5H3. The molecule has 1 rings (SSSR count). The summed E-state index contributed by atoms with van der Waals surface area (Å²) >= 11 is 0. The van der Waals surface area contributed by atoms with Crippen molar-refractivity contribution >= 4 is 11.4 Å². The molecule has 0 saturated carbocycles. The van der Waals surface area contributed by atoms with Crippen LogP contribution in [0.15, 0.2) is 24.4 Å². The van der Waals surface area contributed by atoms with Crippen LogP contribution in [0.4, 0.5) is 0 Å². The molecule has 0 heterocycles. The largest absolute Gasteiger partial charge is 0.497 e.